The van der Waals surface area contributed by atoms with Crippen molar-refractivity contribution in [3.63, 3.8) is 0 Å². The van der Waals surface area contributed by atoms with E-state index in [1.54, 1.807) is 48.5 Å². The minimum absolute atomic E-state index is 0.178. The van der Waals surface area contributed by atoms with Gasteiger partial charge in [-0.15, -0.1) is 0 Å². The number of pyridine rings is 2. The largest absolute Gasteiger partial charge is 0.744 e. The molecule has 2 amide bonds. The normalized spacial score (nSPS) is 11.0. The summed E-state index contributed by atoms with van der Waals surface area (Å²) in [6.07, 6.45) is 10.6. The van der Waals surface area contributed by atoms with Crippen molar-refractivity contribution in [2.24, 2.45) is 0 Å². The Kier molecular flexibility index (Phi) is 16.9. The maximum Gasteiger partial charge on any atom is 0.255 e. The summed E-state index contributed by atoms with van der Waals surface area (Å²) in [5.41, 5.74) is 8.67. The van der Waals surface area contributed by atoms with Crippen LogP contribution in [-0.2, 0) is 33.3 Å². The van der Waals surface area contributed by atoms with Gasteiger partial charge < -0.3 is 19.7 Å². The molecule has 0 aliphatic carbocycles. The summed E-state index contributed by atoms with van der Waals surface area (Å²) >= 11 is 0. The van der Waals surface area contributed by atoms with E-state index in [1.165, 1.54) is 24.3 Å². The number of nitrogens with one attached hydrogen (secondary N) is 2. The SMILES string of the molecule is CCC[n+]1cccc(-c2ccc(NC(=O)c3ccc(C(=O)Nc4ccc(-c5ccc[n+](CCC)c5)cc4)cc3)cc2)c1.Cc1ccc(S(=O)(=O)[O-])cc1.Cc1ccc(S(=O)(=O)[O-])cc1. The lowest BCUT2D eigenvalue weighted by Crippen LogP contribution is -2.32. The summed E-state index contributed by atoms with van der Waals surface area (Å²) in [4.78, 5) is 25.3. The first kappa shape index (κ1) is 48.2. The van der Waals surface area contributed by atoms with Crippen LogP contribution in [0.2, 0.25) is 0 Å². The zero-order valence-corrected chi connectivity index (χ0v) is 37.6. The van der Waals surface area contributed by atoms with E-state index in [0.717, 1.165) is 59.3 Å². The molecule has 0 bridgehead atoms. The second kappa shape index (κ2) is 22.5. The molecule has 0 radical (unpaired) electrons. The van der Waals surface area contributed by atoms with Crippen molar-refractivity contribution < 1.29 is 44.7 Å². The molecule has 14 heteroatoms. The number of carbonyl (C=O) groups is 2. The Morgan fingerprint density at radius 3 is 1.09 bits per heavy atom. The van der Waals surface area contributed by atoms with Crippen molar-refractivity contribution in [3.8, 4) is 22.3 Å². The summed E-state index contributed by atoms with van der Waals surface area (Å²) in [5.74, 6) is -0.459. The number of nitrogens with zero attached hydrogens (tertiary/aromatic N) is 2. The van der Waals surface area contributed by atoms with Gasteiger partial charge in [-0.05, 0) is 110 Å². The number of hydrogen-bond acceptors (Lipinski definition) is 8. The molecule has 7 aromatic rings. The van der Waals surface area contributed by atoms with Crippen molar-refractivity contribution >= 4 is 43.4 Å². The number of hydrogen-bond donors (Lipinski definition) is 2. The second-order valence-corrected chi connectivity index (χ2v) is 17.6. The molecule has 12 nitrogen and oxygen atoms in total. The molecule has 2 heterocycles. The molecule has 5 aromatic carbocycles. The van der Waals surface area contributed by atoms with Crippen LogP contribution in [0.3, 0.4) is 0 Å². The van der Waals surface area contributed by atoms with Crippen LogP contribution in [0.25, 0.3) is 22.3 Å². The van der Waals surface area contributed by atoms with Crippen LogP contribution in [0.4, 0.5) is 11.4 Å². The van der Waals surface area contributed by atoms with Gasteiger partial charge in [-0.2, -0.15) is 0 Å². The lowest BCUT2D eigenvalue weighted by atomic mass is 10.1. The third kappa shape index (κ3) is 14.6. The maximum atomic E-state index is 12.8. The van der Waals surface area contributed by atoms with Crippen molar-refractivity contribution in [1.29, 1.82) is 0 Å². The predicted molar refractivity (Wildman–Crippen MR) is 245 cm³/mol. The number of aryl methyl sites for hydroxylation is 4. The highest BCUT2D eigenvalue weighted by Gasteiger charge is 2.12. The average molecular weight is 899 g/mol. The Morgan fingerprint density at radius 2 is 0.797 bits per heavy atom. The van der Waals surface area contributed by atoms with E-state index < -0.39 is 20.2 Å². The monoisotopic (exact) mass is 898 g/mol. The van der Waals surface area contributed by atoms with E-state index in [2.05, 4.69) is 70.5 Å². The van der Waals surface area contributed by atoms with Gasteiger partial charge in [0.1, 0.15) is 33.3 Å². The number of amides is 2. The zero-order chi connectivity index (χ0) is 46.3. The Morgan fingerprint density at radius 1 is 0.469 bits per heavy atom. The lowest BCUT2D eigenvalue weighted by Gasteiger charge is -2.09. The van der Waals surface area contributed by atoms with E-state index in [0.29, 0.717) is 22.5 Å². The van der Waals surface area contributed by atoms with E-state index in [4.69, 9.17) is 0 Å². The first-order valence-electron chi connectivity index (χ1n) is 20.5. The number of rotatable bonds is 12. The molecule has 0 saturated heterocycles. The Labute approximate surface area is 375 Å². The van der Waals surface area contributed by atoms with Crippen molar-refractivity contribution in [1.82, 2.24) is 0 Å². The number of anilines is 2. The van der Waals surface area contributed by atoms with Crippen LogP contribution >= 0.6 is 0 Å². The molecule has 2 N–H and O–H groups in total. The fourth-order valence-electron chi connectivity index (χ4n) is 6.26. The Hall–Kier alpha value is -6.84. The molecule has 2 aromatic heterocycles. The molecule has 7 rings (SSSR count). The van der Waals surface area contributed by atoms with Gasteiger partial charge in [-0.3, -0.25) is 9.59 Å². The van der Waals surface area contributed by atoms with Gasteiger partial charge in [0, 0.05) is 58.6 Å². The van der Waals surface area contributed by atoms with Crippen molar-refractivity contribution in [3.05, 3.63) is 193 Å². The first-order chi connectivity index (χ1) is 30.5. The Bertz CT molecular complexity index is 2670. The van der Waals surface area contributed by atoms with Gasteiger partial charge in [0.15, 0.2) is 24.8 Å². The smallest absolute Gasteiger partial charge is 0.255 e. The maximum absolute atomic E-state index is 12.8. The molecule has 64 heavy (non-hydrogen) atoms. The van der Waals surface area contributed by atoms with Crippen LogP contribution < -0.4 is 19.8 Å². The number of aromatic nitrogens is 2. The van der Waals surface area contributed by atoms with E-state index >= 15 is 0 Å². The third-order valence-electron chi connectivity index (χ3n) is 9.66. The minimum Gasteiger partial charge on any atom is -0.744 e. The van der Waals surface area contributed by atoms with Crippen LogP contribution in [0.5, 0.6) is 0 Å². The van der Waals surface area contributed by atoms with Gasteiger partial charge in [0.2, 0.25) is 0 Å². The Balaban J connectivity index is 0.000000284. The molecule has 0 unspecified atom stereocenters. The summed E-state index contributed by atoms with van der Waals surface area (Å²) in [6, 6.07) is 42.1. The van der Waals surface area contributed by atoms with Gasteiger partial charge in [-0.25, -0.2) is 26.0 Å². The average Bonchev–Trinajstić information content (AvgIpc) is 3.27. The highest BCUT2D eigenvalue weighted by molar-refractivity contribution is 7.86. The quantitative estimate of drug-likeness (QED) is 0.0903. The van der Waals surface area contributed by atoms with E-state index in [1.807, 2.05) is 74.5 Å². The van der Waals surface area contributed by atoms with E-state index in [-0.39, 0.29) is 21.6 Å². The topological polar surface area (TPSA) is 180 Å². The molecule has 0 saturated carbocycles. The predicted octanol–water partition coefficient (Wildman–Crippen LogP) is 8.72. The fraction of sp³-hybridized carbons (Fsp3) is 0.160. The van der Waals surface area contributed by atoms with Crippen LogP contribution in [0, 0.1) is 13.8 Å². The minimum atomic E-state index is -4.27. The molecule has 0 aliphatic rings. The van der Waals surface area contributed by atoms with Crippen molar-refractivity contribution in [2.75, 3.05) is 10.6 Å². The van der Waals surface area contributed by atoms with Gasteiger partial charge in [0.05, 0.1) is 9.79 Å². The van der Waals surface area contributed by atoms with Crippen LogP contribution in [0.1, 0.15) is 58.5 Å². The molecule has 0 atom stereocenters. The van der Waals surface area contributed by atoms with Crippen LogP contribution in [0.15, 0.2) is 180 Å². The van der Waals surface area contributed by atoms with Crippen LogP contribution in [-0.4, -0.2) is 37.8 Å². The summed E-state index contributed by atoms with van der Waals surface area (Å²) in [5, 5.41) is 5.88. The molecule has 0 spiro atoms. The molecule has 330 valence electrons. The first-order valence-corrected chi connectivity index (χ1v) is 23.3. The summed E-state index contributed by atoms with van der Waals surface area (Å²) < 4.78 is 66.7. The summed E-state index contributed by atoms with van der Waals surface area (Å²) in [6.45, 7) is 9.91. The molecular formula is C50H50N4O8S2. The van der Waals surface area contributed by atoms with Crippen molar-refractivity contribution in [2.45, 2.75) is 63.4 Å². The van der Waals surface area contributed by atoms with Gasteiger partial charge in [0.25, 0.3) is 11.8 Å². The standard InChI is InChI=1S/C36H34N4O2.2C7H8O3S/c1-3-21-39-23-5-7-31(25-39)27-13-17-33(18-14-27)37-35(41)29-9-11-30(12-10-29)36(42)38-34-19-15-28(16-20-34)32-8-6-24-40(26-32)22-4-2;2*1-6-2-4-7(5-3-6)11(8,9)10/h5-20,23-26H,3-4,21-22H2,1-2H3;2*2-5H,1H3,(H,8,9,10). The lowest BCUT2D eigenvalue weighted by molar-refractivity contribution is -0.696. The highest BCUT2D eigenvalue weighted by Crippen LogP contribution is 2.22. The number of benzene rings is 5. The van der Waals surface area contributed by atoms with Gasteiger partial charge >= 0.3 is 0 Å². The highest BCUT2D eigenvalue weighted by atomic mass is 32.2. The van der Waals surface area contributed by atoms with Gasteiger partial charge in [-0.1, -0.05) is 73.5 Å². The van der Waals surface area contributed by atoms with E-state index in [9.17, 15) is 35.5 Å². The second-order valence-electron chi connectivity index (χ2n) is 14.8. The molecular weight excluding hydrogens is 849 g/mol. The summed E-state index contributed by atoms with van der Waals surface area (Å²) in [7, 11) is -8.54. The third-order valence-corrected chi connectivity index (χ3v) is 11.4. The molecule has 0 fully saturated rings. The fourth-order valence-corrected chi connectivity index (χ4v) is 7.20. The number of carbonyl (C=O) groups excluding carboxylic acids is 2. The zero-order valence-electron chi connectivity index (χ0n) is 36.0. The molecule has 0 aliphatic heterocycles.